The van der Waals surface area contributed by atoms with Crippen molar-refractivity contribution in [3.63, 3.8) is 0 Å². The first-order valence-electron chi connectivity index (χ1n) is 15.2. The summed E-state index contributed by atoms with van der Waals surface area (Å²) in [6.45, 7) is 6.00. The van der Waals surface area contributed by atoms with Crippen LogP contribution in [0.15, 0.2) is 33.5 Å². The molecule has 8 heteroatoms. The minimum atomic E-state index is -0.704. The molecular formula is C32H49N3O5. The molecule has 0 radical (unpaired) electrons. The number of hydrogen-bond donors (Lipinski definition) is 3. The Kier molecular flexibility index (Phi) is 15.7. The van der Waals surface area contributed by atoms with E-state index in [0.717, 1.165) is 23.8 Å². The molecule has 1 aromatic carbocycles. The Bertz CT molecular complexity index is 1130. The quantitative estimate of drug-likeness (QED) is 0.127. The van der Waals surface area contributed by atoms with Crippen LogP contribution in [0.2, 0.25) is 0 Å². The Balaban J connectivity index is 1.62. The highest BCUT2D eigenvalue weighted by atomic mass is 16.4. The van der Waals surface area contributed by atoms with Crippen LogP contribution >= 0.6 is 0 Å². The maximum absolute atomic E-state index is 12.9. The molecule has 0 aliphatic heterocycles. The van der Waals surface area contributed by atoms with E-state index in [9.17, 15) is 19.2 Å². The fourth-order valence-corrected chi connectivity index (χ4v) is 4.89. The van der Waals surface area contributed by atoms with Crippen LogP contribution in [0, 0.1) is 6.92 Å². The molecule has 0 saturated carbocycles. The summed E-state index contributed by atoms with van der Waals surface area (Å²) < 4.78 is 5.25. The Morgan fingerprint density at radius 1 is 0.850 bits per heavy atom. The van der Waals surface area contributed by atoms with Crippen molar-refractivity contribution < 1.29 is 18.8 Å². The van der Waals surface area contributed by atoms with Gasteiger partial charge in [-0.2, -0.15) is 0 Å². The third kappa shape index (κ3) is 13.3. The summed E-state index contributed by atoms with van der Waals surface area (Å²) in [5.41, 5.74) is 1.22. The number of anilines is 1. The van der Waals surface area contributed by atoms with E-state index >= 15 is 0 Å². The molecule has 3 N–H and O–H groups in total. The highest BCUT2D eigenvalue weighted by Gasteiger charge is 2.19. The number of benzene rings is 1. The zero-order chi connectivity index (χ0) is 29.2. The van der Waals surface area contributed by atoms with Gasteiger partial charge in [-0.1, -0.05) is 71.1 Å². The second-order valence-electron chi connectivity index (χ2n) is 10.8. The Labute approximate surface area is 239 Å². The molecule has 3 amide bonds. The maximum atomic E-state index is 12.9. The second-order valence-corrected chi connectivity index (χ2v) is 10.8. The number of hydrogen-bond acceptors (Lipinski definition) is 5. The minimum absolute atomic E-state index is 0.0743. The molecule has 1 heterocycles. The largest absolute Gasteiger partial charge is 0.423 e. The van der Waals surface area contributed by atoms with E-state index in [0.29, 0.717) is 43.5 Å². The van der Waals surface area contributed by atoms with Crippen LogP contribution in [0.5, 0.6) is 0 Å². The van der Waals surface area contributed by atoms with Crippen molar-refractivity contribution in [2.24, 2.45) is 0 Å². The SMILES string of the molecule is CCCCCCCCCCCCCC(=O)NCCCCC(NC(C)=O)C(=O)Nc1ccc2c(C)cc(=O)oc2c1. The van der Waals surface area contributed by atoms with Crippen LogP contribution in [0.1, 0.15) is 116 Å². The van der Waals surface area contributed by atoms with Crippen LogP contribution in [0.4, 0.5) is 5.69 Å². The van der Waals surface area contributed by atoms with Crippen molar-refractivity contribution in [3.8, 4) is 0 Å². The molecule has 2 aromatic rings. The van der Waals surface area contributed by atoms with Gasteiger partial charge in [-0.3, -0.25) is 14.4 Å². The summed E-state index contributed by atoms with van der Waals surface area (Å²) in [6, 6.07) is 5.86. The van der Waals surface area contributed by atoms with Crippen molar-refractivity contribution in [2.75, 3.05) is 11.9 Å². The van der Waals surface area contributed by atoms with Crippen molar-refractivity contribution in [2.45, 2.75) is 123 Å². The fourth-order valence-electron chi connectivity index (χ4n) is 4.89. The van der Waals surface area contributed by atoms with Crippen LogP contribution in [-0.2, 0) is 14.4 Å². The first kappa shape index (κ1) is 33.0. The van der Waals surface area contributed by atoms with Gasteiger partial charge < -0.3 is 20.4 Å². The standard InChI is InChI=1S/C32H49N3O5/c1-4-5-6-7-8-9-10-11-12-13-14-18-30(37)33-21-16-15-17-28(34-25(3)36)32(39)35-26-19-20-27-24(2)22-31(38)40-29(27)23-26/h19-20,22-23,28H,4-18,21H2,1-3H3,(H,33,37)(H,34,36)(H,35,39). The first-order chi connectivity index (χ1) is 19.3. The highest BCUT2D eigenvalue weighted by molar-refractivity contribution is 5.98. The number of aryl methyl sites for hydroxylation is 1. The number of carbonyl (C=O) groups excluding carboxylic acids is 3. The van der Waals surface area contributed by atoms with E-state index in [4.69, 9.17) is 4.42 Å². The van der Waals surface area contributed by atoms with Gasteiger partial charge >= 0.3 is 5.63 Å². The highest BCUT2D eigenvalue weighted by Crippen LogP contribution is 2.21. The molecule has 8 nitrogen and oxygen atoms in total. The molecule has 0 saturated heterocycles. The lowest BCUT2D eigenvalue weighted by Crippen LogP contribution is -2.43. The molecule has 0 bridgehead atoms. The third-order valence-electron chi connectivity index (χ3n) is 7.16. The average molecular weight is 556 g/mol. The lowest BCUT2D eigenvalue weighted by Gasteiger charge is -2.18. The van der Waals surface area contributed by atoms with Gasteiger partial charge in [0, 0.05) is 43.1 Å². The summed E-state index contributed by atoms with van der Waals surface area (Å²) in [7, 11) is 0. The minimum Gasteiger partial charge on any atom is -0.423 e. The van der Waals surface area contributed by atoms with E-state index < -0.39 is 11.7 Å². The molecule has 2 rings (SSSR count). The average Bonchev–Trinajstić information content (AvgIpc) is 2.90. The van der Waals surface area contributed by atoms with Crippen molar-refractivity contribution in [3.05, 3.63) is 40.2 Å². The topological polar surface area (TPSA) is 118 Å². The van der Waals surface area contributed by atoms with Crippen molar-refractivity contribution in [1.29, 1.82) is 0 Å². The summed E-state index contributed by atoms with van der Waals surface area (Å²) in [5, 5.41) is 9.27. The number of rotatable bonds is 20. The predicted molar refractivity (Wildman–Crippen MR) is 161 cm³/mol. The van der Waals surface area contributed by atoms with Gasteiger partial charge in [-0.25, -0.2) is 4.79 Å². The van der Waals surface area contributed by atoms with Crippen LogP contribution in [0.25, 0.3) is 11.0 Å². The fraction of sp³-hybridized carbons (Fsp3) is 0.625. The van der Waals surface area contributed by atoms with Gasteiger partial charge in [0.25, 0.3) is 0 Å². The van der Waals surface area contributed by atoms with Crippen LogP contribution in [-0.4, -0.2) is 30.3 Å². The molecule has 0 aliphatic carbocycles. The van der Waals surface area contributed by atoms with Gasteiger partial charge in [0.2, 0.25) is 17.7 Å². The number of amides is 3. The second kappa shape index (κ2) is 19.0. The molecule has 1 atom stereocenters. The first-order valence-corrected chi connectivity index (χ1v) is 15.2. The monoisotopic (exact) mass is 555 g/mol. The van der Waals surface area contributed by atoms with E-state index in [1.807, 2.05) is 6.92 Å². The van der Waals surface area contributed by atoms with E-state index in [-0.39, 0.29) is 17.7 Å². The summed E-state index contributed by atoms with van der Waals surface area (Å²) >= 11 is 0. The summed E-state index contributed by atoms with van der Waals surface area (Å²) in [5.74, 6) is -0.559. The number of nitrogens with one attached hydrogen (secondary N) is 3. The Morgan fingerprint density at radius 2 is 1.50 bits per heavy atom. The molecule has 1 unspecified atom stereocenters. The molecule has 0 spiro atoms. The molecule has 40 heavy (non-hydrogen) atoms. The zero-order valence-electron chi connectivity index (χ0n) is 24.7. The van der Waals surface area contributed by atoms with Crippen LogP contribution in [0.3, 0.4) is 0 Å². The lowest BCUT2D eigenvalue weighted by atomic mass is 10.1. The number of unbranched alkanes of at least 4 members (excludes halogenated alkanes) is 11. The number of fused-ring (bicyclic) bond motifs is 1. The molecule has 0 aliphatic rings. The van der Waals surface area contributed by atoms with Crippen molar-refractivity contribution >= 4 is 34.4 Å². The maximum Gasteiger partial charge on any atom is 0.336 e. The Hall–Kier alpha value is -3.16. The molecule has 0 fully saturated rings. The van der Waals surface area contributed by atoms with Gasteiger partial charge in [-0.05, 0) is 50.3 Å². The summed E-state index contributed by atoms with van der Waals surface area (Å²) in [4.78, 5) is 48.4. The van der Waals surface area contributed by atoms with Gasteiger partial charge in [0.1, 0.15) is 11.6 Å². The normalized spacial score (nSPS) is 11.8. The zero-order valence-corrected chi connectivity index (χ0v) is 24.7. The van der Waals surface area contributed by atoms with Gasteiger partial charge in [0.05, 0.1) is 0 Å². The van der Waals surface area contributed by atoms with Crippen LogP contribution < -0.4 is 21.6 Å². The van der Waals surface area contributed by atoms with Crippen molar-refractivity contribution in [1.82, 2.24) is 10.6 Å². The van der Waals surface area contributed by atoms with E-state index in [2.05, 4.69) is 22.9 Å². The smallest absolute Gasteiger partial charge is 0.336 e. The number of carbonyl (C=O) groups is 3. The molecule has 1 aromatic heterocycles. The third-order valence-corrected chi connectivity index (χ3v) is 7.16. The van der Waals surface area contributed by atoms with Gasteiger partial charge in [0.15, 0.2) is 0 Å². The summed E-state index contributed by atoms with van der Waals surface area (Å²) in [6.07, 6.45) is 16.2. The Morgan fingerprint density at radius 3 is 2.15 bits per heavy atom. The lowest BCUT2D eigenvalue weighted by molar-refractivity contribution is -0.125. The van der Waals surface area contributed by atoms with E-state index in [1.165, 1.54) is 70.8 Å². The van der Waals surface area contributed by atoms with E-state index in [1.54, 1.807) is 18.2 Å². The predicted octanol–water partition coefficient (Wildman–Crippen LogP) is 6.53. The molecular weight excluding hydrogens is 506 g/mol. The van der Waals surface area contributed by atoms with Gasteiger partial charge in [-0.15, -0.1) is 0 Å². The molecule has 222 valence electrons.